The van der Waals surface area contributed by atoms with Crippen molar-refractivity contribution in [2.45, 2.75) is 25.3 Å². The third-order valence-electron chi connectivity index (χ3n) is 3.91. The fourth-order valence-electron chi connectivity index (χ4n) is 2.68. The van der Waals surface area contributed by atoms with Crippen molar-refractivity contribution in [1.82, 2.24) is 4.90 Å². The fourth-order valence-corrected chi connectivity index (χ4v) is 2.68. The number of nitrogens with zero attached hydrogens (tertiary/aromatic N) is 1. The van der Waals surface area contributed by atoms with Gasteiger partial charge in [-0.25, -0.2) is 4.79 Å². The Kier molecular flexibility index (Phi) is 5.62. The molecule has 0 radical (unpaired) electrons. The molecule has 1 heterocycles. The summed E-state index contributed by atoms with van der Waals surface area (Å²) in [5.74, 6) is 0.00921. The van der Waals surface area contributed by atoms with E-state index >= 15 is 0 Å². The maximum Gasteiger partial charge on any atom is 0.326 e. The first-order chi connectivity index (χ1) is 11.1. The quantitative estimate of drug-likeness (QED) is 0.842. The zero-order valence-electron chi connectivity index (χ0n) is 13.3. The summed E-state index contributed by atoms with van der Waals surface area (Å²) in [5, 5.41) is 9.24. The Labute approximate surface area is 135 Å². The first kappa shape index (κ1) is 16.9. The molecule has 0 aliphatic carbocycles. The van der Waals surface area contributed by atoms with E-state index in [1.807, 2.05) is 0 Å². The molecule has 1 fully saturated rings. The first-order valence-electron chi connectivity index (χ1n) is 7.50. The molecule has 0 bridgehead atoms. The summed E-state index contributed by atoms with van der Waals surface area (Å²) in [7, 11) is 3.11. The van der Waals surface area contributed by atoms with E-state index in [0.29, 0.717) is 30.0 Å². The average molecular weight is 319 g/mol. The van der Waals surface area contributed by atoms with Crippen LogP contribution in [0, 0.1) is 0 Å². The molecule has 1 aliphatic heterocycles. The van der Waals surface area contributed by atoms with Gasteiger partial charge in [0.2, 0.25) is 5.91 Å². The predicted molar refractivity (Wildman–Crippen MR) is 85.6 cm³/mol. The van der Waals surface area contributed by atoms with Crippen LogP contribution >= 0.6 is 0 Å². The molecule has 1 aromatic carbocycles. The van der Waals surface area contributed by atoms with Gasteiger partial charge in [0.05, 0.1) is 14.2 Å². The van der Waals surface area contributed by atoms with Crippen molar-refractivity contribution < 1.29 is 24.2 Å². The molecular formula is C17H21NO5. The highest BCUT2D eigenvalue weighted by molar-refractivity contribution is 5.94. The van der Waals surface area contributed by atoms with Crippen LogP contribution in [-0.4, -0.2) is 48.7 Å². The van der Waals surface area contributed by atoms with Crippen molar-refractivity contribution in [2.24, 2.45) is 0 Å². The second kappa shape index (κ2) is 7.67. The maximum absolute atomic E-state index is 12.3. The number of carbonyl (C=O) groups is 2. The van der Waals surface area contributed by atoms with Crippen LogP contribution in [0.15, 0.2) is 24.3 Å². The highest BCUT2D eigenvalue weighted by Gasteiger charge is 2.30. The van der Waals surface area contributed by atoms with Crippen molar-refractivity contribution >= 4 is 18.0 Å². The van der Waals surface area contributed by atoms with Gasteiger partial charge in [-0.05, 0) is 43.5 Å². The van der Waals surface area contributed by atoms with Crippen molar-refractivity contribution in [1.29, 1.82) is 0 Å². The van der Waals surface area contributed by atoms with E-state index in [1.165, 1.54) is 11.0 Å². The molecule has 1 saturated heterocycles. The van der Waals surface area contributed by atoms with Crippen LogP contribution in [0.1, 0.15) is 24.8 Å². The van der Waals surface area contributed by atoms with Gasteiger partial charge in [0.1, 0.15) is 17.5 Å². The van der Waals surface area contributed by atoms with Gasteiger partial charge in [-0.3, -0.25) is 4.79 Å². The molecule has 0 spiro atoms. The zero-order chi connectivity index (χ0) is 16.8. The summed E-state index contributed by atoms with van der Waals surface area (Å²) in [6, 6.07) is 4.54. The molecule has 6 heteroatoms. The normalized spacial score (nSPS) is 18.0. The molecule has 1 amide bonds. The number of piperidine rings is 1. The average Bonchev–Trinajstić information content (AvgIpc) is 2.59. The first-order valence-corrected chi connectivity index (χ1v) is 7.50. The fraction of sp³-hybridized carbons (Fsp3) is 0.412. The molecule has 23 heavy (non-hydrogen) atoms. The summed E-state index contributed by atoms with van der Waals surface area (Å²) < 4.78 is 10.4. The minimum atomic E-state index is -0.953. The smallest absolute Gasteiger partial charge is 0.326 e. The number of benzene rings is 1. The number of hydrogen-bond acceptors (Lipinski definition) is 4. The van der Waals surface area contributed by atoms with E-state index in [0.717, 1.165) is 12.8 Å². The van der Waals surface area contributed by atoms with E-state index in [-0.39, 0.29) is 5.91 Å². The summed E-state index contributed by atoms with van der Waals surface area (Å²) in [5.41, 5.74) is 0.698. The second-order valence-corrected chi connectivity index (χ2v) is 5.32. The Hall–Kier alpha value is -2.50. The van der Waals surface area contributed by atoms with Crippen molar-refractivity contribution in [3.63, 3.8) is 0 Å². The number of aliphatic carboxylic acids is 1. The van der Waals surface area contributed by atoms with Gasteiger partial charge in [0, 0.05) is 18.2 Å². The van der Waals surface area contributed by atoms with Gasteiger partial charge >= 0.3 is 5.97 Å². The lowest BCUT2D eigenvalue weighted by Gasteiger charge is -2.32. The molecule has 1 N–H and O–H groups in total. The van der Waals surface area contributed by atoms with Gasteiger partial charge in [-0.15, -0.1) is 0 Å². The van der Waals surface area contributed by atoms with E-state index in [4.69, 9.17) is 9.47 Å². The molecule has 6 nitrogen and oxygen atoms in total. The number of ether oxygens (including phenoxy) is 2. The van der Waals surface area contributed by atoms with Crippen LogP contribution in [0.4, 0.5) is 0 Å². The summed E-state index contributed by atoms with van der Waals surface area (Å²) in [6.07, 6.45) is 5.16. The molecule has 124 valence electrons. The zero-order valence-corrected chi connectivity index (χ0v) is 13.3. The minimum absolute atomic E-state index is 0.304. The van der Waals surface area contributed by atoms with Crippen LogP contribution in [0.3, 0.4) is 0 Å². The lowest BCUT2D eigenvalue weighted by Crippen LogP contribution is -2.47. The van der Waals surface area contributed by atoms with Crippen molar-refractivity contribution in [3.8, 4) is 11.5 Å². The highest BCUT2D eigenvalue weighted by atomic mass is 16.5. The maximum atomic E-state index is 12.3. The highest BCUT2D eigenvalue weighted by Crippen LogP contribution is 2.25. The lowest BCUT2D eigenvalue weighted by atomic mass is 10.0. The van der Waals surface area contributed by atoms with E-state index in [1.54, 1.807) is 38.5 Å². The number of hydrogen-bond donors (Lipinski definition) is 1. The number of methoxy groups -OCH3 is 2. The monoisotopic (exact) mass is 319 g/mol. The molecule has 1 aromatic rings. The van der Waals surface area contributed by atoms with Gasteiger partial charge in [0.25, 0.3) is 0 Å². The van der Waals surface area contributed by atoms with Gasteiger partial charge in [-0.2, -0.15) is 0 Å². The van der Waals surface area contributed by atoms with Crippen LogP contribution in [-0.2, 0) is 9.59 Å². The van der Waals surface area contributed by atoms with Gasteiger partial charge in [-0.1, -0.05) is 0 Å². The molecule has 1 aliphatic rings. The lowest BCUT2D eigenvalue weighted by molar-refractivity contribution is -0.150. The topological polar surface area (TPSA) is 76.1 Å². The minimum Gasteiger partial charge on any atom is -0.497 e. The molecule has 0 unspecified atom stereocenters. The Bertz CT molecular complexity index is 611. The Morgan fingerprint density at radius 1 is 1.26 bits per heavy atom. The van der Waals surface area contributed by atoms with Gasteiger partial charge in [0.15, 0.2) is 0 Å². The SMILES string of the molecule is COc1ccc(OC)c(/C=C\C(=O)N2CCCC[C@@H]2C(=O)O)c1. The van der Waals surface area contributed by atoms with Crippen LogP contribution in [0.2, 0.25) is 0 Å². The summed E-state index contributed by atoms with van der Waals surface area (Å²) in [6.45, 7) is 0.468. The van der Waals surface area contributed by atoms with Crippen LogP contribution in [0.5, 0.6) is 11.5 Å². The largest absolute Gasteiger partial charge is 0.497 e. The van der Waals surface area contributed by atoms with E-state index < -0.39 is 12.0 Å². The Balaban J connectivity index is 2.18. The predicted octanol–water partition coefficient (Wildman–Crippen LogP) is 2.18. The Morgan fingerprint density at radius 2 is 2.04 bits per heavy atom. The number of carbonyl (C=O) groups excluding carboxylic acids is 1. The van der Waals surface area contributed by atoms with Crippen molar-refractivity contribution in [2.75, 3.05) is 20.8 Å². The van der Waals surface area contributed by atoms with E-state index in [2.05, 4.69) is 0 Å². The molecule has 1 atom stereocenters. The van der Waals surface area contributed by atoms with E-state index in [9.17, 15) is 14.7 Å². The van der Waals surface area contributed by atoms with Crippen LogP contribution in [0.25, 0.3) is 6.08 Å². The second-order valence-electron chi connectivity index (χ2n) is 5.32. The third-order valence-corrected chi connectivity index (χ3v) is 3.91. The Morgan fingerprint density at radius 3 is 2.70 bits per heavy atom. The van der Waals surface area contributed by atoms with Crippen molar-refractivity contribution in [3.05, 3.63) is 29.8 Å². The number of carboxylic acids is 1. The molecule has 0 aromatic heterocycles. The number of amides is 1. The van der Waals surface area contributed by atoms with Gasteiger partial charge < -0.3 is 19.5 Å². The summed E-state index contributed by atoms with van der Waals surface area (Å²) in [4.78, 5) is 25.0. The molecule has 0 saturated carbocycles. The number of carboxylic acid groups (broad SMARTS) is 1. The third kappa shape index (κ3) is 4.03. The standard InChI is InChI=1S/C17H21NO5/c1-22-13-7-8-15(23-2)12(11-13)6-9-16(19)18-10-4-3-5-14(18)17(20)21/h6-9,11,14H,3-5,10H2,1-2H3,(H,20,21)/b9-6-/t14-/m1/s1. The summed E-state index contributed by atoms with van der Waals surface area (Å²) >= 11 is 0. The molecule has 2 rings (SSSR count). The van der Waals surface area contributed by atoms with Crippen LogP contribution < -0.4 is 9.47 Å². The number of likely N-dealkylation sites (tertiary alicyclic amines) is 1. The molecular weight excluding hydrogens is 298 g/mol. The number of rotatable bonds is 5.